The van der Waals surface area contributed by atoms with Gasteiger partial charge in [-0.1, -0.05) is 160 Å². The van der Waals surface area contributed by atoms with Crippen LogP contribution in [-0.2, 0) is 6.42 Å². The average Bonchev–Trinajstić information content (AvgIpc) is 3.76. The van der Waals surface area contributed by atoms with Crippen LogP contribution < -0.4 is 0 Å². The van der Waals surface area contributed by atoms with Crippen LogP contribution in [0.1, 0.15) is 49.3 Å². The molecular formula is C53H44N2. The molecule has 0 saturated carbocycles. The van der Waals surface area contributed by atoms with Crippen LogP contribution in [0.15, 0.2) is 182 Å². The summed E-state index contributed by atoms with van der Waals surface area (Å²) in [7, 11) is 0. The smallest absolute Gasteiger partial charge is 0.0641 e. The van der Waals surface area contributed by atoms with Crippen LogP contribution in [0.5, 0.6) is 0 Å². The van der Waals surface area contributed by atoms with Gasteiger partial charge in [0.1, 0.15) is 0 Å². The van der Waals surface area contributed by atoms with Gasteiger partial charge < -0.3 is 9.13 Å². The monoisotopic (exact) mass is 708 g/mol. The van der Waals surface area contributed by atoms with Gasteiger partial charge in [-0.3, -0.25) is 0 Å². The third-order valence-electron chi connectivity index (χ3n) is 11.9. The van der Waals surface area contributed by atoms with E-state index in [4.69, 9.17) is 0 Å². The predicted octanol–water partition coefficient (Wildman–Crippen LogP) is 14.3. The molecule has 0 amide bonds. The summed E-state index contributed by atoms with van der Waals surface area (Å²) in [6, 6.07) is 60.9. The number of nitrogens with zero attached hydrogens (tertiary/aromatic N) is 2. The fourth-order valence-corrected chi connectivity index (χ4v) is 9.16. The van der Waals surface area contributed by atoms with Gasteiger partial charge in [0.05, 0.1) is 22.1 Å². The van der Waals surface area contributed by atoms with Crippen LogP contribution in [0.2, 0.25) is 0 Å². The quantitative estimate of drug-likeness (QED) is 0.149. The lowest BCUT2D eigenvalue weighted by Crippen LogP contribution is -2.12. The Balaban J connectivity index is 1.11. The molecule has 7 aromatic carbocycles. The second-order valence-electron chi connectivity index (χ2n) is 15.2. The number of hydrogen-bond donors (Lipinski definition) is 0. The zero-order chi connectivity index (χ0) is 36.9. The first-order valence-corrected chi connectivity index (χ1v) is 19.9. The molecule has 55 heavy (non-hydrogen) atoms. The van der Waals surface area contributed by atoms with Crippen LogP contribution in [0.25, 0.3) is 71.7 Å². The van der Waals surface area contributed by atoms with E-state index in [2.05, 4.69) is 205 Å². The van der Waals surface area contributed by atoms with Crippen molar-refractivity contribution in [2.75, 3.05) is 0 Å². The molecule has 10 rings (SSSR count). The molecule has 0 fully saturated rings. The maximum Gasteiger partial charge on any atom is 0.0641 e. The van der Waals surface area contributed by atoms with Gasteiger partial charge in [-0.05, 0) is 94.6 Å². The van der Waals surface area contributed by atoms with Gasteiger partial charge >= 0.3 is 0 Å². The zero-order valence-corrected chi connectivity index (χ0v) is 31.5. The maximum absolute atomic E-state index is 2.49. The van der Waals surface area contributed by atoms with Crippen molar-refractivity contribution in [3.63, 3.8) is 0 Å². The Morgan fingerprint density at radius 3 is 1.82 bits per heavy atom. The van der Waals surface area contributed by atoms with E-state index in [0.29, 0.717) is 11.8 Å². The number of benzene rings is 7. The highest BCUT2D eigenvalue weighted by molar-refractivity contribution is 6.26. The maximum atomic E-state index is 2.49. The molecule has 2 heterocycles. The molecule has 0 aliphatic heterocycles. The van der Waals surface area contributed by atoms with Crippen molar-refractivity contribution in [1.82, 2.24) is 9.13 Å². The first kappa shape index (κ1) is 33.2. The minimum Gasteiger partial charge on any atom is -0.309 e. The van der Waals surface area contributed by atoms with Crippen molar-refractivity contribution in [3.8, 4) is 22.5 Å². The minimum atomic E-state index is 0.321. The van der Waals surface area contributed by atoms with Crippen LogP contribution >= 0.6 is 0 Å². The number of fused-ring (bicyclic) bond motifs is 7. The lowest BCUT2D eigenvalue weighted by Gasteiger charge is -2.28. The van der Waals surface area contributed by atoms with Gasteiger partial charge in [-0.2, -0.15) is 0 Å². The number of aromatic nitrogens is 2. The van der Waals surface area contributed by atoms with E-state index < -0.39 is 0 Å². The van der Waals surface area contributed by atoms with Crippen LogP contribution in [0, 0.1) is 5.92 Å². The van der Waals surface area contributed by atoms with E-state index in [-0.39, 0.29) is 0 Å². The molecule has 0 radical (unpaired) electrons. The Hall–Kier alpha value is -6.38. The molecule has 0 bridgehead atoms. The number of allylic oxidation sites excluding steroid dienone is 4. The highest BCUT2D eigenvalue weighted by Crippen LogP contribution is 2.44. The third kappa shape index (κ3) is 5.63. The molecule has 2 unspecified atom stereocenters. The van der Waals surface area contributed by atoms with Gasteiger partial charge in [-0.15, -0.1) is 0 Å². The van der Waals surface area contributed by atoms with Crippen LogP contribution in [0.3, 0.4) is 0 Å². The summed E-state index contributed by atoms with van der Waals surface area (Å²) in [4.78, 5) is 0. The van der Waals surface area contributed by atoms with E-state index >= 15 is 0 Å². The van der Waals surface area contributed by atoms with Crippen molar-refractivity contribution in [2.45, 2.75) is 39.0 Å². The summed E-state index contributed by atoms with van der Waals surface area (Å²) in [5, 5.41) is 5.07. The number of para-hydroxylation sites is 2. The largest absolute Gasteiger partial charge is 0.309 e. The highest BCUT2D eigenvalue weighted by atomic mass is 15.0. The zero-order valence-electron chi connectivity index (χ0n) is 31.5. The van der Waals surface area contributed by atoms with Crippen molar-refractivity contribution in [2.24, 2.45) is 5.92 Å². The summed E-state index contributed by atoms with van der Waals surface area (Å²) >= 11 is 0. The summed E-state index contributed by atoms with van der Waals surface area (Å²) in [5.74, 6) is 0.740. The first-order chi connectivity index (χ1) is 27.2. The second kappa shape index (κ2) is 13.8. The van der Waals surface area contributed by atoms with Crippen molar-refractivity contribution >= 4 is 49.2 Å². The lowest BCUT2D eigenvalue weighted by atomic mass is 9.76. The van der Waals surface area contributed by atoms with Gasteiger partial charge in [0.25, 0.3) is 0 Å². The van der Waals surface area contributed by atoms with Crippen molar-refractivity contribution < 1.29 is 0 Å². The molecule has 0 spiro atoms. The molecule has 9 aromatic rings. The number of rotatable bonds is 8. The lowest BCUT2D eigenvalue weighted by molar-refractivity contribution is 0.649. The van der Waals surface area contributed by atoms with Gasteiger partial charge in [0, 0.05) is 38.8 Å². The average molecular weight is 709 g/mol. The molecule has 1 aliphatic rings. The molecule has 0 N–H and O–H groups in total. The minimum absolute atomic E-state index is 0.321. The number of aryl methyl sites for hydroxylation is 1. The van der Waals surface area contributed by atoms with Crippen molar-refractivity contribution in [1.29, 1.82) is 0 Å². The van der Waals surface area contributed by atoms with E-state index in [9.17, 15) is 0 Å². The molecule has 0 saturated heterocycles. The van der Waals surface area contributed by atoms with Gasteiger partial charge in [0.15, 0.2) is 0 Å². The van der Waals surface area contributed by atoms with E-state index in [1.807, 2.05) is 0 Å². The van der Waals surface area contributed by atoms with E-state index in [0.717, 1.165) is 12.1 Å². The van der Waals surface area contributed by atoms with E-state index in [1.54, 1.807) is 0 Å². The molecule has 2 atom stereocenters. The van der Waals surface area contributed by atoms with Crippen LogP contribution in [-0.4, -0.2) is 9.13 Å². The highest BCUT2D eigenvalue weighted by Gasteiger charge is 2.25. The molecule has 2 aromatic heterocycles. The molecule has 2 heteroatoms. The molecule has 1 aliphatic carbocycles. The topological polar surface area (TPSA) is 9.86 Å². The van der Waals surface area contributed by atoms with Gasteiger partial charge in [0.2, 0.25) is 0 Å². The predicted molar refractivity (Wildman–Crippen MR) is 235 cm³/mol. The fourth-order valence-electron chi connectivity index (χ4n) is 9.16. The summed E-state index contributed by atoms with van der Waals surface area (Å²) in [6.07, 6.45) is 10.5. The Labute approximate surface area is 323 Å². The Kier molecular flexibility index (Phi) is 8.33. The Morgan fingerprint density at radius 1 is 0.509 bits per heavy atom. The summed E-state index contributed by atoms with van der Waals surface area (Å²) in [5.41, 5.74) is 15.1. The normalized spacial score (nSPS) is 15.7. The molecule has 2 nitrogen and oxygen atoms in total. The SMILES string of the molecule is CCCCc1ccc(-c2ccc(-n3c4ccccc4c4c3ccc3c5ccccc5n(-c5ccc(C6=CC=CC(C)C6c6ccccc6)cc5)c34)cc2)cc1. The standard InChI is InChI=1S/C53H44N2/c1-3-4-14-37-22-24-38(25-23-37)39-26-30-42(31-27-39)54-49-21-11-9-18-47(49)52-50(54)35-34-46-45-17-8-10-20-48(45)55(53(46)52)43-32-28-40(29-33-43)44-19-12-13-36(2)51(44)41-15-6-5-7-16-41/h5-13,15-36,51H,3-4,14H2,1-2H3. The Bertz CT molecular complexity index is 2880. The van der Waals surface area contributed by atoms with E-state index in [1.165, 1.54) is 95.5 Å². The van der Waals surface area contributed by atoms with Crippen molar-refractivity contribution in [3.05, 3.63) is 199 Å². The van der Waals surface area contributed by atoms with Gasteiger partial charge in [-0.25, -0.2) is 0 Å². The summed E-state index contributed by atoms with van der Waals surface area (Å²) in [6.45, 7) is 4.58. The summed E-state index contributed by atoms with van der Waals surface area (Å²) < 4.78 is 4.94. The molecule has 266 valence electrons. The van der Waals surface area contributed by atoms with Crippen LogP contribution in [0.4, 0.5) is 0 Å². The fraction of sp³-hybridized carbons (Fsp3) is 0.132. The first-order valence-electron chi connectivity index (χ1n) is 19.9. The number of unbranched alkanes of at least 4 members (excludes halogenated alkanes) is 1. The molecular weight excluding hydrogens is 665 g/mol. The Morgan fingerprint density at radius 2 is 1.11 bits per heavy atom. The third-order valence-corrected chi connectivity index (χ3v) is 11.9. The number of hydrogen-bond acceptors (Lipinski definition) is 0. The second-order valence-corrected chi connectivity index (χ2v) is 15.2.